The number of benzene rings is 2. The fourth-order valence-electron chi connectivity index (χ4n) is 3.78. The third-order valence-corrected chi connectivity index (χ3v) is 5.29. The molecule has 0 aliphatic heterocycles. The van der Waals surface area contributed by atoms with E-state index in [4.69, 9.17) is 11.3 Å². The van der Waals surface area contributed by atoms with E-state index in [1.165, 1.54) is 0 Å². The van der Waals surface area contributed by atoms with E-state index in [1.807, 2.05) is 24.3 Å². The van der Waals surface area contributed by atoms with Gasteiger partial charge in [-0.2, -0.15) is 0 Å². The smallest absolute Gasteiger partial charge is 0.223 e. The third-order valence-electron chi connectivity index (χ3n) is 5.29. The van der Waals surface area contributed by atoms with Crippen LogP contribution < -0.4 is 5.32 Å². The molecule has 1 saturated carbocycles. The van der Waals surface area contributed by atoms with Gasteiger partial charge in [0.05, 0.1) is 12.7 Å². The molecule has 27 heavy (non-hydrogen) atoms. The summed E-state index contributed by atoms with van der Waals surface area (Å²) in [6, 6.07) is 13.9. The Hall–Kier alpha value is -2.64. The predicted octanol–water partition coefficient (Wildman–Crippen LogP) is 5.03. The minimum absolute atomic E-state index is 0.0935. The van der Waals surface area contributed by atoms with Gasteiger partial charge in [-0.3, -0.25) is 4.79 Å². The number of ether oxygens (including phenoxy) is 1. The van der Waals surface area contributed by atoms with Crippen LogP contribution in [0.15, 0.2) is 42.5 Å². The molecule has 0 bridgehead atoms. The average Bonchev–Trinajstić information content (AvgIpc) is 2.71. The molecule has 2 aromatic rings. The van der Waals surface area contributed by atoms with E-state index in [-0.39, 0.29) is 11.8 Å². The van der Waals surface area contributed by atoms with Gasteiger partial charge in [-0.1, -0.05) is 35.9 Å². The Morgan fingerprint density at radius 2 is 1.93 bits per heavy atom. The van der Waals surface area contributed by atoms with Gasteiger partial charge in [0.2, 0.25) is 5.91 Å². The van der Waals surface area contributed by atoms with Crippen LogP contribution in [-0.4, -0.2) is 19.1 Å². The zero-order chi connectivity index (χ0) is 19.2. The number of rotatable bonds is 5. The van der Waals surface area contributed by atoms with E-state index in [0.29, 0.717) is 18.3 Å². The summed E-state index contributed by atoms with van der Waals surface area (Å²) in [7, 11) is 1.74. The lowest BCUT2D eigenvalue weighted by molar-refractivity contribution is -0.126. The van der Waals surface area contributed by atoms with Crippen molar-refractivity contribution in [1.29, 1.82) is 0 Å². The van der Waals surface area contributed by atoms with Crippen LogP contribution in [-0.2, 0) is 16.1 Å². The molecular formula is C23H26N2O2. The minimum Gasteiger partial charge on any atom is -0.381 e. The second kappa shape index (κ2) is 8.83. The lowest BCUT2D eigenvalue weighted by Crippen LogP contribution is -2.34. The summed E-state index contributed by atoms with van der Waals surface area (Å²) in [5, 5.41) is 3.10. The first-order valence-corrected chi connectivity index (χ1v) is 9.48. The quantitative estimate of drug-likeness (QED) is 0.758. The Morgan fingerprint density at radius 1 is 1.15 bits per heavy atom. The maximum atomic E-state index is 12.5. The summed E-state index contributed by atoms with van der Waals surface area (Å²) in [6.45, 7) is 9.78. The highest BCUT2D eigenvalue weighted by atomic mass is 16.5. The molecule has 2 aromatic carbocycles. The Bertz CT molecular complexity index is 846. The Kier molecular flexibility index (Phi) is 6.26. The third kappa shape index (κ3) is 4.96. The molecule has 0 atom stereocenters. The average molecular weight is 362 g/mol. The topological polar surface area (TPSA) is 42.7 Å². The number of carbonyl (C=O) groups excluding carboxylic acids is 1. The molecular weight excluding hydrogens is 336 g/mol. The van der Waals surface area contributed by atoms with Crippen molar-refractivity contribution in [2.24, 2.45) is 5.92 Å². The van der Waals surface area contributed by atoms with Gasteiger partial charge in [0.15, 0.2) is 5.69 Å². The summed E-state index contributed by atoms with van der Waals surface area (Å²) in [5.74, 6) is 0.235. The van der Waals surface area contributed by atoms with Gasteiger partial charge in [0, 0.05) is 19.6 Å². The van der Waals surface area contributed by atoms with Crippen molar-refractivity contribution < 1.29 is 9.53 Å². The molecule has 140 valence electrons. The number of methoxy groups -OCH3 is 1. The van der Waals surface area contributed by atoms with E-state index in [9.17, 15) is 4.79 Å². The van der Waals surface area contributed by atoms with Crippen LogP contribution in [0.1, 0.15) is 36.8 Å². The summed E-state index contributed by atoms with van der Waals surface area (Å²) in [6.07, 6.45) is 4.01. The van der Waals surface area contributed by atoms with Gasteiger partial charge in [-0.25, -0.2) is 4.85 Å². The number of hydrogen-bond donors (Lipinski definition) is 1. The van der Waals surface area contributed by atoms with Crippen LogP contribution >= 0.6 is 0 Å². The van der Waals surface area contributed by atoms with Gasteiger partial charge >= 0.3 is 0 Å². The molecule has 4 nitrogen and oxygen atoms in total. The van der Waals surface area contributed by atoms with Crippen LogP contribution in [0.3, 0.4) is 0 Å². The number of aryl methyl sites for hydroxylation is 1. The number of nitrogens with zero attached hydrogens (tertiary/aromatic N) is 1. The monoisotopic (exact) mass is 362 g/mol. The number of hydrogen-bond acceptors (Lipinski definition) is 2. The number of amides is 1. The number of nitrogens with one attached hydrogen (secondary N) is 1. The summed E-state index contributed by atoms with van der Waals surface area (Å²) in [5.41, 5.74) is 4.96. The van der Waals surface area contributed by atoms with E-state index in [0.717, 1.165) is 47.9 Å². The highest BCUT2D eigenvalue weighted by molar-refractivity contribution is 5.78. The first-order valence-electron chi connectivity index (χ1n) is 9.48. The Labute approximate surface area is 161 Å². The fourth-order valence-corrected chi connectivity index (χ4v) is 3.78. The van der Waals surface area contributed by atoms with Crippen molar-refractivity contribution in [2.45, 2.75) is 45.3 Å². The van der Waals surface area contributed by atoms with Crippen LogP contribution in [0.4, 0.5) is 5.69 Å². The van der Waals surface area contributed by atoms with Crippen LogP contribution in [0.5, 0.6) is 0 Å². The molecule has 0 saturated heterocycles. The SMILES string of the molecule is [C-]#[N+]c1cccc(-c2cc(C)cc(CNC(=O)C3CCC(OC)CC3)c2)c1. The first-order chi connectivity index (χ1) is 13.1. The largest absolute Gasteiger partial charge is 0.381 e. The van der Waals surface area contributed by atoms with Gasteiger partial charge in [0.1, 0.15) is 0 Å². The Balaban J connectivity index is 1.66. The molecule has 1 amide bonds. The molecule has 0 aromatic heterocycles. The van der Waals surface area contributed by atoms with Crippen LogP contribution in [0.2, 0.25) is 0 Å². The van der Waals surface area contributed by atoms with Crippen molar-refractivity contribution in [3.05, 3.63) is 65.0 Å². The summed E-state index contributed by atoms with van der Waals surface area (Å²) >= 11 is 0. The van der Waals surface area contributed by atoms with Crippen LogP contribution in [0.25, 0.3) is 16.0 Å². The Morgan fingerprint density at radius 3 is 2.63 bits per heavy atom. The molecule has 1 fully saturated rings. The zero-order valence-electron chi connectivity index (χ0n) is 16.0. The lowest BCUT2D eigenvalue weighted by Gasteiger charge is -2.26. The minimum atomic E-state index is 0.0935. The molecule has 1 aliphatic rings. The van der Waals surface area contributed by atoms with Gasteiger partial charge < -0.3 is 10.1 Å². The van der Waals surface area contributed by atoms with Crippen LogP contribution in [0, 0.1) is 19.4 Å². The van der Waals surface area contributed by atoms with Crippen molar-refractivity contribution in [2.75, 3.05) is 7.11 Å². The molecule has 4 heteroatoms. The van der Waals surface area contributed by atoms with Crippen molar-refractivity contribution in [3.8, 4) is 11.1 Å². The standard InChI is InChI=1S/C23H26N2O2/c1-16-11-17(13-20(12-16)19-5-4-6-21(14-19)24-2)15-25-23(26)18-7-9-22(27-3)10-8-18/h4-6,11-14,18,22H,7-10,15H2,1,3H3,(H,25,26). The van der Waals surface area contributed by atoms with Crippen molar-refractivity contribution >= 4 is 11.6 Å². The molecule has 0 spiro atoms. The molecule has 3 rings (SSSR count). The van der Waals surface area contributed by atoms with E-state index >= 15 is 0 Å². The predicted molar refractivity (Wildman–Crippen MR) is 107 cm³/mol. The molecule has 1 N–H and O–H groups in total. The van der Waals surface area contributed by atoms with Crippen molar-refractivity contribution in [3.63, 3.8) is 0 Å². The van der Waals surface area contributed by atoms with Gasteiger partial charge in [0.25, 0.3) is 0 Å². The van der Waals surface area contributed by atoms with E-state index in [2.05, 4.69) is 35.3 Å². The highest BCUT2D eigenvalue weighted by Gasteiger charge is 2.25. The number of carbonyl (C=O) groups is 1. The van der Waals surface area contributed by atoms with Gasteiger partial charge in [-0.15, -0.1) is 0 Å². The maximum absolute atomic E-state index is 12.5. The molecule has 0 heterocycles. The summed E-state index contributed by atoms with van der Waals surface area (Å²) in [4.78, 5) is 16.0. The highest BCUT2D eigenvalue weighted by Crippen LogP contribution is 2.27. The lowest BCUT2D eigenvalue weighted by atomic mass is 9.87. The zero-order valence-corrected chi connectivity index (χ0v) is 16.0. The fraction of sp³-hybridized carbons (Fsp3) is 0.391. The van der Waals surface area contributed by atoms with Gasteiger partial charge in [-0.05, 0) is 61.4 Å². The van der Waals surface area contributed by atoms with Crippen molar-refractivity contribution in [1.82, 2.24) is 5.32 Å². The first kappa shape index (κ1) is 19.1. The maximum Gasteiger partial charge on any atom is 0.223 e. The molecule has 1 aliphatic carbocycles. The van der Waals surface area contributed by atoms with E-state index in [1.54, 1.807) is 7.11 Å². The molecule has 0 radical (unpaired) electrons. The molecule has 0 unspecified atom stereocenters. The second-order valence-corrected chi connectivity index (χ2v) is 7.30. The summed E-state index contributed by atoms with van der Waals surface area (Å²) < 4.78 is 5.38. The second-order valence-electron chi connectivity index (χ2n) is 7.30. The normalized spacial score (nSPS) is 19.3. The van der Waals surface area contributed by atoms with E-state index < -0.39 is 0 Å².